The number of imide groups is 1. The molecule has 0 aliphatic carbocycles. The second-order valence-electron chi connectivity index (χ2n) is 5.86. The lowest BCUT2D eigenvalue weighted by Gasteiger charge is -2.36. The van der Waals surface area contributed by atoms with Gasteiger partial charge in [0.15, 0.2) is 0 Å². The van der Waals surface area contributed by atoms with Gasteiger partial charge in [0.2, 0.25) is 0 Å². The molecule has 0 saturated carbocycles. The normalized spacial score (nSPS) is 21.1. The van der Waals surface area contributed by atoms with Crippen molar-refractivity contribution in [1.29, 1.82) is 0 Å². The number of rotatable bonds is 3. The Hall–Kier alpha value is -2.57. The Morgan fingerprint density at radius 2 is 1.95 bits per heavy atom. The number of hydrogen-bond donors (Lipinski definition) is 3. The fourth-order valence-electron chi connectivity index (χ4n) is 2.63. The maximum absolute atomic E-state index is 11.9. The molecular formula is C15H18N4O3. The summed E-state index contributed by atoms with van der Waals surface area (Å²) >= 11 is 0. The van der Waals surface area contributed by atoms with Gasteiger partial charge in [0, 0.05) is 25.2 Å². The summed E-state index contributed by atoms with van der Waals surface area (Å²) in [5.41, 5.74) is 1.63. The second-order valence-corrected chi connectivity index (χ2v) is 5.86. The van der Waals surface area contributed by atoms with Crippen LogP contribution in [-0.2, 0) is 11.2 Å². The molecule has 2 saturated heterocycles. The zero-order valence-corrected chi connectivity index (χ0v) is 12.3. The van der Waals surface area contributed by atoms with E-state index in [0.717, 1.165) is 18.7 Å². The van der Waals surface area contributed by atoms with E-state index in [1.54, 1.807) is 17.0 Å². The lowest BCUT2D eigenvalue weighted by molar-refractivity contribution is -0.120. The highest BCUT2D eigenvalue weighted by atomic mass is 16.2. The molecule has 0 bridgehead atoms. The highest BCUT2D eigenvalue weighted by molar-refractivity contribution is 6.04. The van der Waals surface area contributed by atoms with Crippen LogP contribution in [0.15, 0.2) is 24.3 Å². The van der Waals surface area contributed by atoms with Crippen LogP contribution >= 0.6 is 0 Å². The second kappa shape index (κ2) is 5.67. The van der Waals surface area contributed by atoms with Crippen LogP contribution in [0, 0.1) is 5.92 Å². The summed E-state index contributed by atoms with van der Waals surface area (Å²) in [4.78, 5) is 36.2. The molecule has 2 heterocycles. The Morgan fingerprint density at radius 1 is 1.27 bits per heavy atom. The molecule has 3 N–H and O–H groups in total. The standard InChI is InChI=1S/C15H18N4O3/c1-9-7-19(8-9)15(22)16-11-4-2-10(3-5-11)6-12-13(20)18-14(21)17-12/h2-5,9,12H,6-8H2,1H3,(H,16,22)(H2,17,18,20,21). The first-order valence-electron chi connectivity index (χ1n) is 7.27. The maximum Gasteiger partial charge on any atom is 0.322 e. The van der Waals surface area contributed by atoms with Gasteiger partial charge in [0.05, 0.1) is 0 Å². The quantitative estimate of drug-likeness (QED) is 0.725. The number of benzene rings is 1. The Bertz CT molecular complexity index is 608. The van der Waals surface area contributed by atoms with E-state index in [-0.39, 0.29) is 11.9 Å². The van der Waals surface area contributed by atoms with Crippen LogP contribution in [0.1, 0.15) is 12.5 Å². The van der Waals surface area contributed by atoms with Crippen LogP contribution in [0.25, 0.3) is 0 Å². The first-order valence-corrected chi connectivity index (χ1v) is 7.27. The molecule has 7 nitrogen and oxygen atoms in total. The third-order valence-electron chi connectivity index (χ3n) is 3.85. The van der Waals surface area contributed by atoms with Gasteiger partial charge in [-0.2, -0.15) is 0 Å². The van der Waals surface area contributed by atoms with Crippen molar-refractivity contribution >= 4 is 23.7 Å². The number of anilines is 1. The number of amides is 5. The number of hydrogen-bond acceptors (Lipinski definition) is 3. The SMILES string of the molecule is CC1CN(C(=O)Nc2ccc(CC3NC(=O)NC3=O)cc2)C1. The van der Waals surface area contributed by atoms with Gasteiger partial charge in [0.1, 0.15) is 6.04 Å². The van der Waals surface area contributed by atoms with Gasteiger partial charge in [-0.05, 0) is 23.6 Å². The largest absolute Gasteiger partial charge is 0.326 e. The number of carbonyl (C=O) groups excluding carboxylic acids is 3. The van der Waals surface area contributed by atoms with Gasteiger partial charge in [-0.15, -0.1) is 0 Å². The first-order chi connectivity index (χ1) is 10.5. The van der Waals surface area contributed by atoms with Crippen molar-refractivity contribution in [3.05, 3.63) is 29.8 Å². The molecule has 3 rings (SSSR count). The van der Waals surface area contributed by atoms with Gasteiger partial charge in [-0.25, -0.2) is 9.59 Å². The number of carbonyl (C=O) groups is 3. The summed E-state index contributed by atoms with van der Waals surface area (Å²) in [6.45, 7) is 3.69. The molecule has 0 radical (unpaired) electrons. The number of nitrogens with one attached hydrogen (secondary N) is 3. The topological polar surface area (TPSA) is 90.5 Å². The van der Waals surface area contributed by atoms with Crippen molar-refractivity contribution in [2.24, 2.45) is 5.92 Å². The zero-order valence-electron chi connectivity index (χ0n) is 12.3. The molecule has 2 fully saturated rings. The first kappa shape index (κ1) is 14.4. The van der Waals surface area contributed by atoms with E-state index in [2.05, 4.69) is 22.9 Å². The Labute approximate surface area is 128 Å². The molecule has 1 aromatic carbocycles. The van der Waals surface area contributed by atoms with Crippen molar-refractivity contribution in [2.75, 3.05) is 18.4 Å². The Kier molecular flexibility index (Phi) is 3.70. The predicted octanol–water partition coefficient (Wildman–Crippen LogP) is 0.921. The summed E-state index contributed by atoms with van der Waals surface area (Å²) in [7, 11) is 0. The minimum atomic E-state index is -0.532. The van der Waals surface area contributed by atoms with Gasteiger partial charge >= 0.3 is 12.1 Å². The molecule has 1 unspecified atom stereocenters. The van der Waals surface area contributed by atoms with E-state index in [1.165, 1.54) is 0 Å². The van der Waals surface area contributed by atoms with Gasteiger partial charge in [-0.1, -0.05) is 19.1 Å². The average molecular weight is 302 g/mol. The van der Waals surface area contributed by atoms with Crippen molar-refractivity contribution in [3.63, 3.8) is 0 Å². The summed E-state index contributed by atoms with van der Waals surface area (Å²) in [5, 5.41) is 7.60. The van der Waals surface area contributed by atoms with Crippen molar-refractivity contribution in [3.8, 4) is 0 Å². The Morgan fingerprint density at radius 3 is 2.50 bits per heavy atom. The molecule has 116 valence electrons. The fourth-order valence-corrected chi connectivity index (χ4v) is 2.63. The summed E-state index contributed by atoms with van der Waals surface area (Å²) in [6.07, 6.45) is 0.426. The summed E-state index contributed by atoms with van der Waals surface area (Å²) in [5.74, 6) is 0.259. The minimum absolute atomic E-state index is 0.0896. The van der Waals surface area contributed by atoms with E-state index in [1.807, 2.05) is 12.1 Å². The highest BCUT2D eigenvalue weighted by Crippen LogP contribution is 2.17. The molecule has 1 aromatic rings. The van der Waals surface area contributed by atoms with E-state index in [9.17, 15) is 14.4 Å². The third kappa shape index (κ3) is 3.03. The third-order valence-corrected chi connectivity index (χ3v) is 3.85. The molecule has 22 heavy (non-hydrogen) atoms. The molecule has 1 atom stereocenters. The molecule has 0 aromatic heterocycles. The molecular weight excluding hydrogens is 284 g/mol. The van der Waals surface area contributed by atoms with E-state index in [0.29, 0.717) is 18.0 Å². The van der Waals surface area contributed by atoms with E-state index >= 15 is 0 Å². The van der Waals surface area contributed by atoms with Gasteiger partial charge in [0.25, 0.3) is 5.91 Å². The Balaban J connectivity index is 1.55. The molecule has 7 heteroatoms. The molecule has 2 aliphatic rings. The molecule has 5 amide bonds. The van der Waals surface area contributed by atoms with Crippen molar-refractivity contribution < 1.29 is 14.4 Å². The summed E-state index contributed by atoms with van der Waals surface area (Å²) < 4.78 is 0. The highest BCUT2D eigenvalue weighted by Gasteiger charge is 2.29. The predicted molar refractivity (Wildman–Crippen MR) is 80.4 cm³/mol. The van der Waals surface area contributed by atoms with Crippen LogP contribution in [0.2, 0.25) is 0 Å². The van der Waals surface area contributed by atoms with Crippen molar-refractivity contribution in [1.82, 2.24) is 15.5 Å². The maximum atomic E-state index is 11.9. The van der Waals surface area contributed by atoms with Gasteiger partial charge in [-0.3, -0.25) is 10.1 Å². The van der Waals surface area contributed by atoms with Crippen molar-refractivity contribution in [2.45, 2.75) is 19.4 Å². The van der Waals surface area contributed by atoms with Crippen LogP contribution in [-0.4, -0.2) is 42.0 Å². The summed E-state index contributed by atoms with van der Waals surface area (Å²) in [6, 6.07) is 6.19. The zero-order chi connectivity index (χ0) is 15.7. The molecule has 2 aliphatic heterocycles. The smallest absolute Gasteiger partial charge is 0.322 e. The van der Waals surface area contributed by atoms with Gasteiger partial charge < -0.3 is 15.5 Å². The number of nitrogens with zero attached hydrogens (tertiary/aromatic N) is 1. The minimum Gasteiger partial charge on any atom is -0.326 e. The van der Waals surface area contributed by atoms with Crippen LogP contribution in [0.3, 0.4) is 0 Å². The van der Waals surface area contributed by atoms with Crippen LogP contribution in [0.5, 0.6) is 0 Å². The lowest BCUT2D eigenvalue weighted by Crippen LogP contribution is -2.50. The number of urea groups is 2. The monoisotopic (exact) mass is 302 g/mol. The number of likely N-dealkylation sites (tertiary alicyclic amines) is 1. The van der Waals surface area contributed by atoms with Crippen LogP contribution in [0.4, 0.5) is 15.3 Å². The van der Waals surface area contributed by atoms with E-state index in [4.69, 9.17) is 0 Å². The van der Waals surface area contributed by atoms with E-state index < -0.39 is 12.1 Å². The molecule has 0 spiro atoms. The fraction of sp³-hybridized carbons (Fsp3) is 0.400. The lowest BCUT2D eigenvalue weighted by atomic mass is 10.0. The average Bonchev–Trinajstić information content (AvgIpc) is 2.75. The van der Waals surface area contributed by atoms with Crippen LogP contribution < -0.4 is 16.0 Å².